The Kier molecular flexibility index (Phi) is 7.03. The minimum Gasteiger partial charge on any atom is -0.497 e. The monoisotopic (exact) mass is 222 g/mol. The van der Waals surface area contributed by atoms with E-state index in [0.717, 1.165) is 11.5 Å². The summed E-state index contributed by atoms with van der Waals surface area (Å²) in [6.45, 7) is 6.61. The van der Waals surface area contributed by atoms with Gasteiger partial charge in [0.05, 0.1) is 6.26 Å². The lowest BCUT2D eigenvalue weighted by atomic mass is 10.0. The van der Waals surface area contributed by atoms with E-state index in [1.165, 1.54) is 51.4 Å². The molecule has 1 aliphatic carbocycles. The molecule has 1 fully saturated rings. The summed E-state index contributed by atoms with van der Waals surface area (Å²) in [5.41, 5.74) is 1.05. The van der Waals surface area contributed by atoms with Crippen LogP contribution in [-0.2, 0) is 4.74 Å². The van der Waals surface area contributed by atoms with Crippen molar-refractivity contribution in [3.8, 4) is 0 Å². The van der Waals surface area contributed by atoms with Crippen molar-refractivity contribution in [1.29, 1.82) is 0 Å². The van der Waals surface area contributed by atoms with Gasteiger partial charge < -0.3 is 4.74 Å². The number of hydrogen-bond acceptors (Lipinski definition) is 1. The third-order valence-corrected chi connectivity index (χ3v) is 3.36. The smallest absolute Gasteiger partial charge is 0.112 e. The first-order chi connectivity index (χ1) is 7.83. The Balaban J connectivity index is 0.000000181. The minimum absolute atomic E-state index is 0.681. The molecule has 16 heavy (non-hydrogen) atoms. The van der Waals surface area contributed by atoms with Crippen LogP contribution in [-0.4, -0.2) is 6.61 Å². The average Bonchev–Trinajstić information content (AvgIpc) is 2.92. The minimum atomic E-state index is 0.681. The third kappa shape index (κ3) is 5.99. The summed E-state index contributed by atoms with van der Waals surface area (Å²) in [7, 11) is 0. The highest BCUT2D eigenvalue weighted by Crippen LogP contribution is 2.28. The Morgan fingerprint density at radius 3 is 2.50 bits per heavy atom. The van der Waals surface area contributed by atoms with Gasteiger partial charge in [-0.3, -0.25) is 0 Å². The van der Waals surface area contributed by atoms with Gasteiger partial charge in [-0.1, -0.05) is 64.9 Å². The lowest BCUT2D eigenvalue weighted by molar-refractivity contribution is 0.302. The summed E-state index contributed by atoms with van der Waals surface area (Å²) in [4.78, 5) is 0. The Labute approximate surface area is 101 Å². The van der Waals surface area contributed by atoms with Crippen molar-refractivity contribution in [2.45, 2.75) is 58.3 Å². The van der Waals surface area contributed by atoms with Crippen molar-refractivity contribution in [3.63, 3.8) is 0 Å². The number of unbranched alkanes of at least 4 members (excludes halogenated alkanes) is 2. The van der Waals surface area contributed by atoms with Crippen LogP contribution in [0.4, 0.5) is 0 Å². The lowest BCUT2D eigenvalue weighted by Gasteiger charge is -2.06. The molecule has 1 saturated carbocycles. The topological polar surface area (TPSA) is 9.23 Å². The normalized spacial score (nSPS) is 19.4. The molecule has 1 aliphatic heterocycles. The summed E-state index contributed by atoms with van der Waals surface area (Å²) >= 11 is 0. The average molecular weight is 222 g/mol. The van der Waals surface area contributed by atoms with Gasteiger partial charge in [0.15, 0.2) is 0 Å². The maximum atomic E-state index is 4.78. The summed E-state index contributed by atoms with van der Waals surface area (Å²) in [6.07, 6.45) is 15.4. The van der Waals surface area contributed by atoms with Gasteiger partial charge in [-0.25, -0.2) is 0 Å². The predicted molar refractivity (Wildman–Crippen MR) is 70.3 cm³/mol. The Hall–Kier alpha value is -0.720. The van der Waals surface area contributed by atoms with Gasteiger partial charge in [-0.2, -0.15) is 0 Å². The molecule has 0 bridgehead atoms. The molecule has 1 nitrogen and oxygen atoms in total. The predicted octanol–water partition coefficient (Wildman–Crippen LogP) is 4.84. The zero-order valence-corrected chi connectivity index (χ0v) is 10.7. The van der Waals surface area contributed by atoms with E-state index < -0.39 is 0 Å². The molecule has 0 aromatic carbocycles. The number of ether oxygens (including phenoxy) is 1. The third-order valence-electron chi connectivity index (χ3n) is 3.36. The van der Waals surface area contributed by atoms with E-state index in [1.54, 1.807) is 6.26 Å². The van der Waals surface area contributed by atoms with E-state index in [2.05, 4.69) is 13.5 Å². The molecule has 2 rings (SSSR count). The maximum Gasteiger partial charge on any atom is 0.112 e. The first-order valence-corrected chi connectivity index (χ1v) is 6.79. The fourth-order valence-corrected chi connectivity index (χ4v) is 2.33. The highest BCUT2D eigenvalue weighted by molar-refractivity contribution is 5.16. The number of rotatable bonds is 4. The molecule has 0 aromatic rings. The molecule has 0 radical (unpaired) electrons. The second kappa shape index (κ2) is 8.43. The van der Waals surface area contributed by atoms with Crippen molar-refractivity contribution in [2.24, 2.45) is 5.92 Å². The van der Waals surface area contributed by atoms with Crippen molar-refractivity contribution < 1.29 is 4.74 Å². The van der Waals surface area contributed by atoms with E-state index in [4.69, 9.17) is 4.74 Å². The van der Waals surface area contributed by atoms with Crippen LogP contribution in [0.3, 0.4) is 0 Å². The van der Waals surface area contributed by atoms with Crippen LogP contribution in [0.25, 0.3) is 0 Å². The zero-order chi connectivity index (χ0) is 11.6. The molecule has 0 atom stereocenters. The summed E-state index contributed by atoms with van der Waals surface area (Å²) in [5, 5.41) is 0. The summed E-state index contributed by atoms with van der Waals surface area (Å²) < 4.78 is 4.78. The van der Waals surface area contributed by atoms with Crippen LogP contribution < -0.4 is 0 Å². The van der Waals surface area contributed by atoms with Gasteiger partial charge in [-0.05, 0) is 17.6 Å². The van der Waals surface area contributed by atoms with E-state index in [0.29, 0.717) is 6.61 Å². The van der Waals surface area contributed by atoms with Gasteiger partial charge in [0.25, 0.3) is 0 Å². The molecule has 0 unspecified atom stereocenters. The second-order valence-electron chi connectivity index (χ2n) is 4.92. The largest absolute Gasteiger partial charge is 0.497 e. The molecule has 1 heterocycles. The van der Waals surface area contributed by atoms with Crippen LogP contribution in [0.15, 0.2) is 24.5 Å². The van der Waals surface area contributed by atoms with Gasteiger partial charge >= 0.3 is 0 Å². The lowest BCUT2D eigenvalue weighted by Crippen LogP contribution is -1.91. The molecule has 0 spiro atoms. The Morgan fingerprint density at radius 2 is 2.06 bits per heavy atom. The molecule has 1 heteroatoms. The van der Waals surface area contributed by atoms with Crippen LogP contribution in [0.2, 0.25) is 0 Å². The highest BCUT2D eigenvalue weighted by Gasteiger charge is 2.13. The van der Waals surface area contributed by atoms with E-state index in [9.17, 15) is 0 Å². The van der Waals surface area contributed by atoms with E-state index in [-0.39, 0.29) is 0 Å². The maximum absolute atomic E-state index is 4.78. The highest BCUT2D eigenvalue weighted by atomic mass is 16.5. The van der Waals surface area contributed by atoms with Gasteiger partial charge in [-0.15, -0.1) is 0 Å². The molecular weight excluding hydrogens is 196 g/mol. The van der Waals surface area contributed by atoms with Crippen molar-refractivity contribution in [2.75, 3.05) is 6.61 Å². The first kappa shape index (κ1) is 13.3. The van der Waals surface area contributed by atoms with Crippen LogP contribution in [0, 0.1) is 5.92 Å². The molecular formula is C15H26O. The van der Waals surface area contributed by atoms with E-state index >= 15 is 0 Å². The van der Waals surface area contributed by atoms with Crippen molar-refractivity contribution >= 4 is 0 Å². The molecule has 0 amide bonds. The molecule has 92 valence electrons. The van der Waals surface area contributed by atoms with Crippen molar-refractivity contribution in [1.82, 2.24) is 0 Å². The second-order valence-corrected chi connectivity index (χ2v) is 4.92. The Bertz CT molecular complexity index is 211. The fraction of sp³-hybridized carbons (Fsp3) is 0.733. The Morgan fingerprint density at radius 1 is 1.31 bits per heavy atom. The van der Waals surface area contributed by atoms with Crippen LogP contribution >= 0.6 is 0 Å². The fourth-order valence-electron chi connectivity index (χ4n) is 2.33. The molecule has 0 aromatic heterocycles. The number of hydrogen-bond donors (Lipinski definition) is 0. The van der Waals surface area contributed by atoms with Gasteiger partial charge in [0.2, 0.25) is 0 Å². The van der Waals surface area contributed by atoms with E-state index in [1.807, 2.05) is 6.08 Å². The van der Waals surface area contributed by atoms with Gasteiger partial charge in [0.1, 0.15) is 6.61 Å². The van der Waals surface area contributed by atoms with Crippen molar-refractivity contribution in [3.05, 3.63) is 24.5 Å². The van der Waals surface area contributed by atoms with Crippen LogP contribution in [0.5, 0.6) is 0 Å². The summed E-state index contributed by atoms with van der Waals surface area (Å²) in [5.74, 6) is 1.12. The quantitative estimate of drug-likeness (QED) is 0.618. The molecule has 0 saturated heterocycles. The SMILES string of the molecule is C=C1C=COC1.CCCCCC1CCCC1. The molecule has 0 N–H and O–H groups in total. The standard InChI is InChI=1S/C10H20.C5H6O/c1-2-3-4-7-10-8-5-6-9-10;1-5-2-3-6-4-5/h10H,2-9H2,1H3;2-3H,1,4H2. The summed E-state index contributed by atoms with van der Waals surface area (Å²) in [6, 6.07) is 0. The van der Waals surface area contributed by atoms with Crippen LogP contribution in [0.1, 0.15) is 58.3 Å². The zero-order valence-electron chi connectivity index (χ0n) is 10.7. The first-order valence-electron chi connectivity index (χ1n) is 6.79. The molecule has 2 aliphatic rings. The van der Waals surface area contributed by atoms with Gasteiger partial charge in [0, 0.05) is 0 Å².